The second kappa shape index (κ2) is 4.67. The lowest BCUT2D eigenvalue weighted by Crippen LogP contribution is -2.23. The van der Waals surface area contributed by atoms with Gasteiger partial charge in [-0.15, -0.1) is 0 Å². The van der Waals surface area contributed by atoms with Gasteiger partial charge in [-0.05, 0) is 47.0 Å². The summed E-state index contributed by atoms with van der Waals surface area (Å²) in [5.41, 5.74) is 0.171. The molecule has 1 atom stereocenters. The van der Waals surface area contributed by atoms with Crippen LogP contribution in [0.5, 0.6) is 0 Å². The van der Waals surface area contributed by atoms with E-state index in [2.05, 4.69) is 15.9 Å². The summed E-state index contributed by atoms with van der Waals surface area (Å²) in [6.45, 7) is 0. The fourth-order valence-corrected chi connectivity index (χ4v) is 3.57. The van der Waals surface area contributed by atoms with E-state index in [0.717, 1.165) is 19.3 Å². The van der Waals surface area contributed by atoms with Gasteiger partial charge in [0.15, 0.2) is 0 Å². The second-order valence-corrected chi connectivity index (χ2v) is 6.38. The minimum Gasteiger partial charge on any atom is -0.478 e. The van der Waals surface area contributed by atoms with Crippen LogP contribution in [0.1, 0.15) is 29.6 Å². The lowest BCUT2D eigenvalue weighted by molar-refractivity contribution is 0.0695. The van der Waals surface area contributed by atoms with Gasteiger partial charge >= 0.3 is 5.97 Å². The van der Waals surface area contributed by atoms with E-state index >= 15 is 0 Å². The first kappa shape index (κ1) is 11.8. The van der Waals surface area contributed by atoms with Gasteiger partial charge in [-0.1, -0.05) is 6.42 Å². The van der Waals surface area contributed by atoms with Crippen LogP contribution < -0.4 is 0 Å². The molecule has 1 N–H and O–H groups in total. The van der Waals surface area contributed by atoms with Crippen LogP contribution in [0.25, 0.3) is 0 Å². The van der Waals surface area contributed by atoms with Gasteiger partial charge in [-0.2, -0.15) is 0 Å². The van der Waals surface area contributed by atoms with E-state index in [1.807, 2.05) is 0 Å². The van der Waals surface area contributed by atoms with Crippen LogP contribution in [-0.2, 0) is 10.8 Å². The van der Waals surface area contributed by atoms with E-state index in [-0.39, 0.29) is 10.8 Å². The maximum Gasteiger partial charge on any atom is 0.336 e. The van der Waals surface area contributed by atoms with Crippen LogP contribution in [0.2, 0.25) is 0 Å². The van der Waals surface area contributed by atoms with Crippen molar-refractivity contribution in [3.63, 3.8) is 0 Å². The quantitative estimate of drug-likeness (QED) is 0.934. The first-order valence-electron chi connectivity index (χ1n) is 5.03. The monoisotopic (exact) mass is 302 g/mol. The fourth-order valence-electron chi connectivity index (χ4n) is 1.57. The van der Waals surface area contributed by atoms with Crippen LogP contribution in [-0.4, -0.2) is 20.5 Å². The van der Waals surface area contributed by atoms with Crippen molar-refractivity contribution in [2.24, 2.45) is 0 Å². The smallest absolute Gasteiger partial charge is 0.336 e. The predicted octanol–water partition coefficient (Wildman–Crippen LogP) is 2.81. The number of hydrogen-bond donors (Lipinski definition) is 1. The molecule has 1 aliphatic rings. The summed E-state index contributed by atoms with van der Waals surface area (Å²) in [6, 6.07) is 4.88. The van der Waals surface area contributed by atoms with Gasteiger partial charge in [-0.3, -0.25) is 4.21 Å². The number of carboxylic acid groups (broad SMARTS) is 1. The molecule has 1 aromatic rings. The van der Waals surface area contributed by atoms with E-state index in [4.69, 9.17) is 5.11 Å². The van der Waals surface area contributed by atoms with E-state index in [1.165, 1.54) is 6.07 Å². The summed E-state index contributed by atoms with van der Waals surface area (Å²) >= 11 is 3.17. The molecule has 1 aliphatic carbocycles. The minimum atomic E-state index is -1.06. The molecule has 0 aliphatic heterocycles. The zero-order valence-corrected chi connectivity index (χ0v) is 10.9. The molecule has 86 valence electrons. The zero-order valence-electron chi connectivity index (χ0n) is 8.48. The molecule has 1 fully saturated rings. The standard InChI is InChI=1S/C11H11BrO3S/c12-10-5-4-8(6-9(10)11(13)14)16(15)7-2-1-3-7/h4-7H,1-3H2,(H,13,14). The third-order valence-corrected chi connectivity index (χ3v) is 5.24. The Kier molecular flexibility index (Phi) is 3.44. The van der Waals surface area contributed by atoms with Crippen molar-refractivity contribution in [1.29, 1.82) is 0 Å². The van der Waals surface area contributed by atoms with E-state index in [0.29, 0.717) is 9.37 Å². The van der Waals surface area contributed by atoms with Crippen LogP contribution in [0.3, 0.4) is 0 Å². The van der Waals surface area contributed by atoms with Crippen LogP contribution in [0.15, 0.2) is 27.6 Å². The Morgan fingerprint density at radius 3 is 2.62 bits per heavy atom. The first-order chi connectivity index (χ1) is 7.59. The Morgan fingerprint density at radius 1 is 1.44 bits per heavy atom. The number of benzene rings is 1. The molecular weight excluding hydrogens is 292 g/mol. The number of rotatable bonds is 3. The Bertz CT molecular complexity index is 455. The topological polar surface area (TPSA) is 54.4 Å². The van der Waals surface area contributed by atoms with Gasteiger partial charge < -0.3 is 5.11 Å². The highest BCUT2D eigenvalue weighted by atomic mass is 79.9. The molecule has 0 aromatic heterocycles. The fraction of sp³-hybridized carbons (Fsp3) is 0.364. The Morgan fingerprint density at radius 2 is 2.12 bits per heavy atom. The molecule has 2 rings (SSSR count). The summed E-state index contributed by atoms with van der Waals surface area (Å²) in [4.78, 5) is 11.5. The number of aromatic carboxylic acids is 1. The molecule has 0 amide bonds. The highest BCUT2D eigenvalue weighted by Crippen LogP contribution is 2.29. The number of hydrogen-bond acceptors (Lipinski definition) is 2. The van der Waals surface area contributed by atoms with Crippen molar-refractivity contribution in [2.75, 3.05) is 0 Å². The first-order valence-corrected chi connectivity index (χ1v) is 7.03. The largest absolute Gasteiger partial charge is 0.478 e. The van der Waals surface area contributed by atoms with Crippen molar-refractivity contribution in [2.45, 2.75) is 29.4 Å². The molecule has 16 heavy (non-hydrogen) atoms. The second-order valence-electron chi connectivity index (χ2n) is 3.80. The third kappa shape index (κ3) is 2.20. The van der Waals surface area contributed by atoms with Crippen LogP contribution >= 0.6 is 15.9 Å². The Hall–Kier alpha value is -0.680. The summed E-state index contributed by atoms with van der Waals surface area (Å²) in [5, 5.41) is 9.16. The SMILES string of the molecule is O=C(O)c1cc(S(=O)C2CCC2)ccc1Br. The van der Waals surface area contributed by atoms with Crippen molar-refractivity contribution < 1.29 is 14.1 Å². The number of halogens is 1. The molecule has 0 bridgehead atoms. The average Bonchev–Trinajstić information content (AvgIpc) is 2.15. The molecule has 5 heteroatoms. The maximum atomic E-state index is 12.0. The molecule has 0 radical (unpaired) electrons. The maximum absolute atomic E-state index is 12.0. The van der Waals surface area contributed by atoms with E-state index in [1.54, 1.807) is 12.1 Å². The van der Waals surface area contributed by atoms with Crippen molar-refractivity contribution in [1.82, 2.24) is 0 Å². The summed E-state index contributed by atoms with van der Waals surface area (Å²) in [7, 11) is -1.06. The molecule has 1 unspecified atom stereocenters. The molecule has 1 saturated carbocycles. The molecule has 0 spiro atoms. The van der Waals surface area contributed by atoms with Gasteiger partial charge in [0.1, 0.15) is 0 Å². The van der Waals surface area contributed by atoms with Crippen LogP contribution in [0.4, 0.5) is 0 Å². The molecule has 3 nitrogen and oxygen atoms in total. The van der Waals surface area contributed by atoms with Crippen molar-refractivity contribution >= 4 is 32.7 Å². The summed E-state index contributed by atoms with van der Waals surface area (Å²) in [6.07, 6.45) is 3.08. The Labute approximate surface area is 104 Å². The van der Waals surface area contributed by atoms with Crippen molar-refractivity contribution in [3.05, 3.63) is 28.2 Å². The van der Waals surface area contributed by atoms with Gasteiger partial charge in [0, 0.05) is 14.6 Å². The van der Waals surface area contributed by atoms with Gasteiger partial charge in [0.2, 0.25) is 0 Å². The van der Waals surface area contributed by atoms with E-state index < -0.39 is 16.8 Å². The highest BCUT2D eigenvalue weighted by Gasteiger charge is 2.25. The van der Waals surface area contributed by atoms with Crippen LogP contribution in [0, 0.1) is 0 Å². The third-order valence-electron chi connectivity index (χ3n) is 2.76. The highest BCUT2D eigenvalue weighted by molar-refractivity contribution is 9.10. The number of carbonyl (C=O) groups is 1. The molecule has 0 saturated heterocycles. The lowest BCUT2D eigenvalue weighted by Gasteiger charge is -2.24. The Balaban J connectivity index is 2.31. The average molecular weight is 303 g/mol. The van der Waals surface area contributed by atoms with Gasteiger partial charge in [0.25, 0.3) is 0 Å². The lowest BCUT2D eigenvalue weighted by atomic mass is 10.00. The number of carboxylic acids is 1. The van der Waals surface area contributed by atoms with Crippen molar-refractivity contribution in [3.8, 4) is 0 Å². The molecule has 1 aromatic carbocycles. The molecule has 0 heterocycles. The minimum absolute atomic E-state index is 0.171. The molecular formula is C11H11BrO3S. The zero-order chi connectivity index (χ0) is 11.7. The van der Waals surface area contributed by atoms with Gasteiger partial charge in [0.05, 0.1) is 16.4 Å². The summed E-state index contributed by atoms with van der Waals surface area (Å²) in [5.74, 6) is -1.00. The predicted molar refractivity (Wildman–Crippen MR) is 65.1 cm³/mol. The van der Waals surface area contributed by atoms with Gasteiger partial charge in [-0.25, -0.2) is 4.79 Å². The normalized spacial score (nSPS) is 17.8. The summed E-state index contributed by atoms with van der Waals surface area (Å²) < 4.78 is 12.5. The van der Waals surface area contributed by atoms with E-state index in [9.17, 15) is 9.00 Å².